The molecule has 0 saturated heterocycles. The van der Waals surface area contributed by atoms with Gasteiger partial charge in [0.05, 0.1) is 27.7 Å². The van der Waals surface area contributed by atoms with Crippen molar-refractivity contribution in [3.63, 3.8) is 0 Å². The summed E-state index contributed by atoms with van der Waals surface area (Å²) in [5.74, 6) is -1.26. The lowest BCUT2D eigenvalue weighted by Gasteiger charge is -2.16. The molecule has 13 heteroatoms. The number of nitrogens with zero attached hydrogens (tertiary/aromatic N) is 5. The Balaban J connectivity index is 1.92. The van der Waals surface area contributed by atoms with Crippen LogP contribution in [0.4, 0.5) is 14.5 Å². The molecule has 4 rings (SSSR count). The van der Waals surface area contributed by atoms with Crippen LogP contribution < -0.4 is 11.1 Å². The zero-order valence-electron chi connectivity index (χ0n) is 20.2. The first-order valence-corrected chi connectivity index (χ1v) is 12.7. The third kappa shape index (κ3) is 4.30. The highest BCUT2D eigenvalue weighted by Crippen LogP contribution is 2.43. The van der Waals surface area contributed by atoms with Crippen LogP contribution >= 0.6 is 27.3 Å². The molecule has 36 heavy (non-hydrogen) atoms. The summed E-state index contributed by atoms with van der Waals surface area (Å²) in [6.07, 6.45) is -1.26. The Hall–Kier alpha value is -3.19. The molecule has 2 amide bonds. The first-order valence-electron chi connectivity index (χ1n) is 11.1. The maximum atomic E-state index is 13.8. The van der Waals surface area contributed by atoms with E-state index < -0.39 is 30.0 Å². The lowest BCUT2D eigenvalue weighted by atomic mass is 10.0. The molecule has 3 N–H and O–H groups in total. The Bertz CT molecular complexity index is 1510. The predicted octanol–water partition coefficient (Wildman–Crippen LogP) is 5.30. The fraction of sp³-hybridized carbons (Fsp3) is 0.348. The summed E-state index contributed by atoms with van der Waals surface area (Å²) in [4.78, 5) is 30.0. The zero-order chi connectivity index (χ0) is 26.5. The van der Waals surface area contributed by atoms with Crippen molar-refractivity contribution in [2.75, 3.05) is 5.32 Å². The number of halogens is 3. The number of alkyl halides is 2. The molecule has 4 heterocycles. The smallest absolute Gasteiger partial charge is 0.280 e. The number of anilines is 1. The first kappa shape index (κ1) is 25.9. The highest BCUT2D eigenvalue weighted by Gasteiger charge is 2.28. The van der Waals surface area contributed by atoms with Crippen LogP contribution in [0, 0.1) is 20.8 Å². The highest BCUT2D eigenvalue weighted by molar-refractivity contribution is 9.10. The summed E-state index contributed by atoms with van der Waals surface area (Å²) in [7, 11) is 0. The monoisotopic (exact) mass is 579 g/mol. The number of aromatic nitrogens is 5. The second-order valence-electron chi connectivity index (χ2n) is 8.30. The number of aryl methyl sites for hydroxylation is 2. The molecule has 1 unspecified atom stereocenters. The summed E-state index contributed by atoms with van der Waals surface area (Å²) in [5.41, 5.74) is 8.52. The van der Waals surface area contributed by atoms with Crippen LogP contribution in [-0.2, 0) is 11.3 Å². The molecule has 9 nitrogen and oxygen atoms in total. The van der Waals surface area contributed by atoms with Crippen molar-refractivity contribution in [1.29, 1.82) is 0 Å². The number of carbonyl (C=O) groups excluding carboxylic acids is 2. The van der Waals surface area contributed by atoms with Crippen LogP contribution in [-0.4, -0.2) is 36.4 Å². The van der Waals surface area contributed by atoms with Crippen LogP contribution in [0.3, 0.4) is 0 Å². The van der Waals surface area contributed by atoms with E-state index in [0.29, 0.717) is 23.1 Å². The Morgan fingerprint density at radius 2 is 1.92 bits per heavy atom. The molecule has 0 aliphatic rings. The molecule has 0 aliphatic heterocycles. The third-order valence-corrected chi connectivity index (χ3v) is 8.30. The van der Waals surface area contributed by atoms with Gasteiger partial charge in [-0.3, -0.25) is 19.0 Å². The Kier molecular flexibility index (Phi) is 6.97. The molecule has 0 saturated carbocycles. The fourth-order valence-corrected chi connectivity index (χ4v) is 5.40. The van der Waals surface area contributed by atoms with E-state index >= 15 is 0 Å². The van der Waals surface area contributed by atoms with E-state index in [0.717, 1.165) is 32.9 Å². The lowest BCUT2D eigenvalue weighted by Crippen LogP contribution is -2.26. The van der Waals surface area contributed by atoms with E-state index in [-0.39, 0.29) is 15.4 Å². The second kappa shape index (κ2) is 9.69. The molecule has 1 atom stereocenters. The molecule has 4 aromatic rings. The van der Waals surface area contributed by atoms with E-state index in [4.69, 9.17) is 5.73 Å². The van der Waals surface area contributed by atoms with Crippen molar-refractivity contribution in [2.45, 2.75) is 53.6 Å². The molecular formula is C23H24BrF2N7O2S. The minimum absolute atomic E-state index is 0.0146. The molecule has 0 aromatic carbocycles. The maximum absolute atomic E-state index is 13.8. The largest absolute Gasteiger partial charge is 0.365 e. The van der Waals surface area contributed by atoms with Gasteiger partial charge in [0.15, 0.2) is 0 Å². The number of rotatable bonds is 7. The van der Waals surface area contributed by atoms with E-state index in [9.17, 15) is 18.4 Å². The SMILES string of the molecule is CCn1ncc(-c2cc(C(F)F)nc3sc(C(N)=O)c(NC(=O)C(C)n4nc(C)c(Br)c4C)c23)c1C. The van der Waals surface area contributed by atoms with Gasteiger partial charge in [-0.2, -0.15) is 10.2 Å². The third-order valence-electron chi connectivity index (χ3n) is 6.05. The maximum Gasteiger partial charge on any atom is 0.280 e. The number of fused-ring (bicyclic) bond motifs is 1. The van der Waals surface area contributed by atoms with E-state index in [1.807, 2.05) is 27.7 Å². The first-order chi connectivity index (χ1) is 17.0. The van der Waals surface area contributed by atoms with Crippen molar-refractivity contribution in [3.8, 4) is 11.1 Å². The standard InChI is InChI=1S/C23H24BrF2N7O2S/c1-6-32-10(3)14(8-28-32)13-7-15(20(25)26)29-23-16(13)18(19(36-23)21(27)34)30-22(35)12(5)33-11(4)17(24)9(2)31-33/h7-8,12,20H,6H2,1-5H3,(H2,27,34)(H,30,35). The minimum atomic E-state index is -2.84. The summed E-state index contributed by atoms with van der Waals surface area (Å²) in [6.45, 7) is 9.62. The number of primary amides is 1. The molecule has 4 aromatic heterocycles. The van der Waals surface area contributed by atoms with Gasteiger partial charge >= 0.3 is 0 Å². The van der Waals surface area contributed by atoms with Gasteiger partial charge in [-0.25, -0.2) is 13.8 Å². The number of hydrogen-bond donors (Lipinski definition) is 2. The van der Waals surface area contributed by atoms with Gasteiger partial charge in [0, 0.05) is 23.2 Å². The minimum Gasteiger partial charge on any atom is -0.365 e. The van der Waals surface area contributed by atoms with E-state index in [1.165, 1.54) is 6.07 Å². The number of hydrogen-bond acceptors (Lipinski definition) is 6. The Morgan fingerprint density at radius 3 is 2.44 bits per heavy atom. The number of carbonyl (C=O) groups is 2. The average Bonchev–Trinajstić information content (AvgIpc) is 3.47. The summed E-state index contributed by atoms with van der Waals surface area (Å²) in [5, 5.41) is 11.9. The van der Waals surface area contributed by atoms with Gasteiger partial charge in [-0.1, -0.05) is 0 Å². The van der Waals surface area contributed by atoms with Crippen molar-refractivity contribution in [1.82, 2.24) is 24.5 Å². The Morgan fingerprint density at radius 1 is 1.22 bits per heavy atom. The highest BCUT2D eigenvalue weighted by atomic mass is 79.9. The quantitative estimate of drug-likeness (QED) is 0.307. The number of thiophene rings is 1. The molecule has 0 radical (unpaired) electrons. The van der Waals surface area contributed by atoms with Gasteiger partial charge < -0.3 is 11.1 Å². The second-order valence-corrected chi connectivity index (χ2v) is 10.1. The summed E-state index contributed by atoms with van der Waals surface area (Å²) >= 11 is 4.32. The van der Waals surface area contributed by atoms with Gasteiger partial charge in [-0.05, 0) is 62.2 Å². The van der Waals surface area contributed by atoms with Crippen molar-refractivity contribution in [2.24, 2.45) is 5.73 Å². The molecule has 0 fully saturated rings. The van der Waals surface area contributed by atoms with Crippen LogP contribution in [0.1, 0.15) is 58.8 Å². The lowest BCUT2D eigenvalue weighted by molar-refractivity contribution is -0.119. The average molecular weight is 580 g/mol. The summed E-state index contributed by atoms with van der Waals surface area (Å²) in [6, 6.07) is 0.526. The van der Waals surface area contributed by atoms with Gasteiger partial charge in [0.25, 0.3) is 12.3 Å². The van der Waals surface area contributed by atoms with Crippen LogP contribution in [0.5, 0.6) is 0 Å². The number of amides is 2. The van der Waals surface area contributed by atoms with Gasteiger partial charge in [0.1, 0.15) is 21.4 Å². The molecular weight excluding hydrogens is 556 g/mol. The van der Waals surface area contributed by atoms with Crippen LogP contribution in [0.25, 0.3) is 21.3 Å². The number of pyridine rings is 1. The van der Waals surface area contributed by atoms with Gasteiger partial charge in [-0.15, -0.1) is 11.3 Å². The Labute approximate surface area is 217 Å². The van der Waals surface area contributed by atoms with Gasteiger partial charge in [0.2, 0.25) is 5.91 Å². The van der Waals surface area contributed by atoms with Crippen LogP contribution in [0.15, 0.2) is 16.7 Å². The topological polar surface area (TPSA) is 121 Å². The van der Waals surface area contributed by atoms with Crippen molar-refractivity contribution >= 4 is 55.0 Å². The zero-order valence-corrected chi connectivity index (χ0v) is 22.6. The molecule has 0 spiro atoms. The van der Waals surface area contributed by atoms with E-state index in [2.05, 4.69) is 36.4 Å². The molecule has 0 aliphatic carbocycles. The molecule has 0 bridgehead atoms. The molecule has 190 valence electrons. The van der Waals surface area contributed by atoms with Crippen molar-refractivity contribution < 1.29 is 18.4 Å². The normalized spacial score (nSPS) is 12.5. The van der Waals surface area contributed by atoms with E-state index in [1.54, 1.807) is 22.5 Å². The number of nitrogens with two attached hydrogens (primary N) is 1. The van der Waals surface area contributed by atoms with Crippen molar-refractivity contribution in [3.05, 3.63) is 44.4 Å². The number of nitrogens with one attached hydrogen (secondary N) is 1. The fourth-order valence-electron chi connectivity index (χ4n) is 4.12. The van der Waals surface area contributed by atoms with Crippen LogP contribution in [0.2, 0.25) is 0 Å². The predicted molar refractivity (Wildman–Crippen MR) is 137 cm³/mol. The summed E-state index contributed by atoms with van der Waals surface area (Å²) < 4.78 is 31.6.